The smallest absolute Gasteiger partial charge is 0.335 e. The molecular weight excluding hydrogens is 322 g/mol. The van der Waals surface area contributed by atoms with Gasteiger partial charge in [-0.15, -0.1) is 0 Å². The van der Waals surface area contributed by atoms with Gasteiger partial charge in [0.1, 0.15) is 0 Å². The molecule has 1 heterocycles. The average molecular weight is 340 g/mol. The molecule has 3 atom stereocenters. The Kier molecular flexibility index (Phi) is 3.61. The summed E-state index contributed by atoms with van der Waals surface area (Å²) in [6.07, 6.45) is 5.36. The van der Waals surface area contributed by atoms with E-state index in [-0.39, 0.29) is 17.5 Å². The lowest BCUT2D eigenvalue weighted by Crippen LogP contribution is -2.29. The van der Waals surface area contributed by atoms with E-state index in [4.69, 9.17) is 11.6 Å². The van der Waals surface area contributed by atoms with Gasteiger partial charge >= 0.3 is 5.97 Å². The van der Waals surface area contributed by atoms with Crippen LogP contribution in [0, 0.1) is 12.8 Å². The van der Waals surface area contributed by atoms with Gasteiger partial charge in [-0.2, -0.15) is 0 Å². The van der Waals surface area contributed by atoms with Gasteiger partial charge in [-0.3, -0.25) is 0 Å². The number of aryl methyl sites for hydroxylation is 1. The summed E-state index contributed by atoms with van der Waals surface area (Å²) in [5, 5.41) is 13.4. The standard InChI is InChI=1S/C20H18ClNO2/c1-11-4-2-5-12(8-11)18-15-7-3-6-14(15)16-9-13(20(23)24)10-17(21)19(16)22-18/h2-6,8-10,14-15,18,22H,7H2,1H3,(H,23,24)/t14-,15+,18-/m0/s1. The van der Waals surface area contributed by atoms with E-state index in [2.05, 4.69) is 48.7 Å². The van der Waals surface area contributed by atoms with Crippen LogP contribution in [0.15, 0.2) is 48.6 Å². The fraction of sp³-hybridized carbons (Fsp3) is 0.250. The zero-order chi connectivity index (χ0) is 16.8. The first-order chi connectivity index (χ1) is 11.5. The van der Waals surface area contributed by atoms with E-state index in [1.807, 2.05) is 0 Å². The molecule has 0 unspecified atom stereocenters. The van der Waals surface area contributed by atoms with Gasteiger partial charge in [0, 0.05) is 5.92 Å². The zero-order valence-electron chi connectivity index (χ0n) is 13.3. The number of fused-ring (bicyclic) bond motifs is 3. The molecule has 0 fully saturated rings. The molecule has 2 aliphatic rings. The van der Waals surface area contributed by atoms with Crippen molar-refractivity contribution in [3.05, 3.63) is 75.8 Å². The van der Waals surface area contributed by atoms with Crippen LogP contribution in [0.4, 0.5) is 5.69 Å². The van der Waals surface area contributed by atoms with Crippen molar-refractivity contribution in [2.45, 2.75) is 25.3 Å². The lowest BCUT2D eigenvalue weighted by Gasteiger charge is -2.38. The molecule has 0 aromatic heterocycles. The Morgan fingerprint density at radius 1 is 1.29 bits per heavy atom. The van der Waals surface area contributed by atoms with Gasteiger partial charge in [0.05, 0.1) is 22.3 Å². The molecule has 4 heteroatoms. The van der Waals surface area contributed by atoms with E-state index in [0.29, 0.717) is 10.9 Å². The highest BCUT2D eigenvalue weighted by molar-refractivity contribution is 6.33. The quantitative estimate of drug-likeness (QED) is 0.742. The Hall–Kier alpha value is -2.26. The van der Waals surface area contributed by atoms with Crippen molar-refractivity contribution in [1.29, 1.82) is 0 Å². The van der Waals surface area contributed by atoms with Crippen LogP contribution in [0.1, 0.15) is 45.4 Å². The normalized spacial score (nSPS) is 24.2. The molecule has 0 saturated heterocycles. The average Bonchev–Trinajstić information content (AvgIpc) is 3.04. The van der Waals surface area contributed by atoms with Crippen LogP contribution in [0.3, 0.4) is 0 Å². The number of hydrogen-bond donors (Lipinski definition) is 2. The number of rotatable bonds is 2. The van der Waals surface area contributed by atoms with Gasteiger partial charge < -0.3 is 10.4 Å². The number of nitrogens with one attached hydrogen (secondary N) is 1. The Bertz CT molecular complexity index is 859. The molecule has 24 heavy (non-hydrogen) atoms. The zero-order valence-corrected chi connectivity index (χ0v) is 14.0. The van der Waals surface area contributed by atoms with Crippen molar-refractivity contribution in [2.75, 3.05) is 5.32 Å². The van der Waals surface area contributed by atoms with Gasteiger partial charge in [-0.05, 0) is 42.5 Å². The first-order valence-corrected chi connectivity index (χ1v) is 8.49. The Morgan fingerprint density at radius 2 is 2.12 bits per heavy atom. The minimum absolute atomic E-state index is 0.172. The third-order valence-corrected chi connectivity index (χ3v) is 5.37. The first-order valence-electron chi connectivity index (χ1n) is 8.11. The summed E-state index contributed by atoms with van der Waals surface area (Å²) in [6.45, 7) is 2.09. The fourth-order valence-corrected chi connectivity index (χ4v) is 4.25. The molecule has 0 radical (unpaired) electrons. The van der Waals surface area contributed by atoms with E-state index < -0.39 is 5.97 Å². The summed E-state index contributed by atoms with van der Waals surface area (Å²) in [5.41, 5.74) is 4.57. The second-order valence-electron chi connectivity index (χ2n) is 6.62. The minimum Gasteiger partial charge on any atom is -0.478 e. The van der Waals surface area contributed by atoms with Crippen LogP contribution in [0.5, 0.6) is 0 Å². The van der Waals surface area contributed by atoms with Crippen LogP contribution in [0.25, 0.3) is 0 Å². The molecule has 0 bridgehead atoms. The Labute approximate surface area is 146 Å². The SMILES string of the molecule is Cc1cccc([C@@H]2Nc3c(Cl)cc(C(=O)O)cc3[C@H]3C=CC[C@H]32)c1. The van der Waals surface area contributed by atoms with Gasteiger partial charge in [-0.1, -0.05) is 53.6 Å². The van der Waals surface area contributed by atoms with Gasteiger partial charge in [0.25, 0.3) is 0 Å². The van der Waals surface area contributed by atoms with Crippen molar-refractivity contribution >= 4 is 23.3 Å². The number of allylic oxidation sites excluding steroid dienone is 2. The molecule has 1 aliphatic carbocycles. The van der Waals surface area contributed by atoms with Crippen LogP contribution < -0.4 is 5.32 Å². The second kappa shape index (κ2) is 5.67. The third-order valence-electron chi connectivity index (χ3n) is 5.07. The minimum atomic E-state index is -0.945. The van der Waals surface area contributed by atoms with Gasteiger partial charge in [-0.25, -0.2) is 4.79 Å². The van der Waals surface area contributed by atoms with Crippen molar-refractivity contribution in [3.63, 3.8) is 0 Å². The molecule has 2 N–H and O–H groups in total. The van der Waals surface area contributed by atoms with Crippen molar-refractivity contribution in [2.24, 2.45) is 5.92 Å². The molecule has 3 nitrogen and oxygen atoms in total. The van der Waals surface area contributed by atoms with E-state index in [1.54, 1.807) is 6.07 Å². The van der Waals surface area contributed by atoms with Crippen molar-refractivity contribution in [3.8, 4) is 0 Å². The summed E-state index contributed by atoms with van der Waals surface area (Å²) in [6, 6.07) is 12.0. The van der Waals surface area contributed by atoms with E-state index >= 15 is 0 Å². The van der Waals surface area contributed by atoms with Crippen LogP contribution >= 0.6 is 11.6 Å². The topological polar surface area (TPSA) is 49.3 Å². The molecular formula is C20H18ClNO2. The van der Waals surface area contributed by atoms with E-state index in [1.165, 1.54) is 17.2 Å². The molecule has 2 aromatic carbocycles. The largest absolute Gasteiger partial charge is 0.478 e. The highest BCUT2D eigenvalue weighted by Gasteiger charge is 2.39. The molecule has 2 aromatic rings. The van der Waals surface area contributed by atoms with Crippen LogP contribution in [0.2, 0.25) is 5.02 Å². The summed E-state index contributed by atoms with van der Waals surface area (Å²) in [5.74, 6) is -0.373. The Balaban J connectivity index is 1.83. The number of carboxylic acid groups (broad SMARTS) is 1. The maximum Gasteiger partial charge on any atom is 0.335 e. The van der Waals surface area contributed by atoms with Gasteiger partial charge in [0.2, 0.25) is 0 Å². The highest BCUT2D eigenvalue weighted by Crippen LogP contribution is 2.51. The summed E-state index contributed by atoms with van der Waals surface area (Å²) >= 11 is 6.42. The maximum atomic E-state index is 11.4. The number of anilines is 1. The lowest BCUT2D eigenvalue weighted by atomic mass is 9.76. The van der Waals surface area contributed by atoms with Crippen molar-refractivity contribution in [1.82, 2.24) is 0 Å². The number of aromatic carboxylic acids is 1. The van der Waals surface area contributed by atoms with Crippen LogP contribution in [-0.2, 0) is 0 Å². The second-order valence-corrected chi connectivity index (χ2v) is 7.02. The van der Waals surface area contributed by atoms with Gasteiger partial charge in [0.15, 0.2) is 0 Å². The van der Waals surface area contributed by atoms with Crippen LogP contribution in [-0.4, -0.2) is 11.1 Å². The molecule has 0 amide bonds. The maximum absolute atomic E-state index is 11.4. The molecule has 0 spiro atoms. The third kappa shape index (κ3) is 2.40. The number of halogens is 1. The highest BCUT2D eigenvalue weighted by atomic mass is 35.5. The monoisotopic (exact) mass is 339 g/mol. The number of benzene rings is 2. The number of carbonyl (C=O) groups is 1. The molecule has 4 rings (SSSR count). The summed E-state index contributed by atoms with van der Waals surface area (Å²) in [7, 11) is 0. The summed E-state index contributed by atoms with van der Waals surface area (Å²) in [4.78, 5) is 11.4. The number of hydrogen-bond acceptors (Lipinski definition) is 2. The number of carboxylic acids is 1. The molecule has 1 aliphatic heterocycles. The van der Waals surface area contributed by atoms with Crippen molar-refractivity contribution < 1.29 is 9.90 Å². The molecule has 122 valence electrons. The predicted octanol–water partition coefficient (Wildman–Crippen LogP) is 5.17. The van der Waals surface area contributed by atoms with E-state index in [0.717, 1.165) is 17.7 Å². The fourth-order valence-electron chi connectivity index (χ4n) is 3.97. The molecule has 0 saturated carbocycles. The Morgan fingerprint density at radius 3 is 2.88 bits per heavy atom. The first kappa shape index (κ1) is 15.3. The lowest BCUT2D eigenvalue weighted by molar-refractivity contribution is 0.0696. The van der Waals surface area contributed by atoms with E-state index in [9.17, 15) is 9.90 Å². The predicted molar refractivity (Wildman–Crippen MR) is 95.9 cm³/mol. The summed E-state index contributed by atoms with van der Waals surface area (Å²) < 4.78 is 0.